The van der Waals surface area contributed by atoms with Crippen molar-refractivity contribution < 1.29 is 13.2 Å². The predicted octanol–water partition coefficient (Wildman–Crippen LogP) is 5.66. The zero-order chi connectivity index (χ0) is 21.3. The largest absolute Gasteiger partial charge is 0.416 e. The quantitative estimate of drug-likeness (QED) is 0.554. The van der Waals surface area contributed by atoms with Crippen LogP contribution in [0.3, 0.4) is 0 Å². The van der Waals surface area contributed by atoms with Gasteiger partial charge in [0, 0.05) is 11.3 Å². The van der Waals surface area contributed by atoms with Crippen LogP contribution in [0.5, 0.6) is 0 Å². The first-order valence-corrected chi connectivity index (χ1v) is 10.0. The highest BCUT2D eigenvalue weighted by atomic mass is 35.5. The highest BCUT2D eigenvalue weighted by Crippen LogP contribution is 2.30. The van der Waals surface area contributed by atoms with Crippen LogP contribution in [0.4, 0.5) is 18.9 Å². The fourth-order valence-corrected chi connectivity index (χ4v) is 3.72. The third-order valence-corrected chi connectivity index (χ3v) is 5.72. The molecule has 0 radical (unpaired) electrons. The molecule has 154 valence electrons. The molecule has 2 heterocycles. The lowest BCUT2D eigenvalue weighted by Gasteiger charge is -2.15. The molecule has 1 N–H and O–H groups in total. The van der Waals surface area contributed by atoms with Gasteiger partial charge in [0.25, 0.3) is 5.56 Å². The van der Waals surface area contributed by atoms with Crippen LogP contribution in [0, 0.1) is 0 Å². The number of alkyl halides is 3. The molecule has 0 fully saturated rings. The van der Waals surface area contributed by atoms with Crippen LogP contribution in [0.2, 0.25) is 5.02 Å². The van der Waals surface area contributed by atoms with Crippen molar-refractivity contribution in [3.63, 3.8) is 0 Å². The molecule has 1 atom stereocenters. The summed E-state index contributed by atoms with van der Waals surface area (Å²) in [6.07, 6.45) is -3.21. The van der Waals surface area contributed by atoms with E-state index in [2.05, 4.69) is 29.2 Å². The SMILES string of the molecule is CC(C)c1nc(C(C)Nc2cnn(-c3cccc(C(F)(F)F)c3)c(=O)c2Cl)cs1. The number of rotatable bonds is 5. The number of benzene rings is 1. The average molecular weight is 443 g/mol. The second-order valence-electron chi connectivity index (χ2n) is 6.77. The molecule has 0 aliphatic heterocycles. The minimum absolute atomic E-state index is 0.0209. The Kier molecular flexibility index (Phi) is 6.00. The molecule has 10 heteroatoms. The Balaban J connectivity index is 1.89. The normalized spacial score (nSPS) is 13.0. The molecule has 0 spiro atoms. The number of hydrogen-bond donors (Lipinski definition) is 1. The number of aromatic nitrogens is 3. The van der Waals surface area contributed by atoms with Gasteiger partial charge in [-0.15, -0.1) is 11.3 Å². The van der Waals surface area contributed by atoms with Crippen molar-refractivity contribution in [3.05, 3.63) is 67.5 Å². The van der Waals surface area contributed by atoms with Gasteiger partial charge in [-0.3, -0.25) is 4.79 Å². The molecule has 0 aliphatic rings. The van der Waals surface area contributed by atoms with Crippen molar-refractivity contribution in [1.82, 2.24) is 14.8 Å². The molecule has 1 unspecified atom stereocenters. The van der Waals surface area contributed by atoms with Crippen LogP contribution >= 0.6 is 22.9 Å². The Morgan fingerprint density at radius 1 is 1.24 bits per heavy atom. The zero-order valence-electron chi connectivity index (χ0n) is 15.8. The lowest BCUT2D eigenvalue weighted by molar-refractivity contribution is -0.137. The Hall–Kier alpha value is -2.39. The molecule has 5 nitrogen and oxygen atoms in total. The maximum absolute atomic E-state index is 12.9. The van der Waals surface area contributed by atoms with E-state index in [0.717, 1.165) is 27.5 Å². The van der Waals surface area contributed by atoms with E-state index >= 15 is 0 Å². The van der Waals surface area contributed by atoms with Gasteiger partial charge in [-0.25, -0.2) is 4.98 Å². The second-order valence-corrected chi connectivity index (χ2v) is 8.04. The van der Waals surface area contributed by atoms with Crippen LogP contribution in [0.1, 0.15) is 49.0 Å². The zero-order valence-corrected chi connectivity index (χ0v) is 17.4. The van der Waals surface area contributed by atoms with E-state index in [0.29, 0.717) is 5.92 Å². The number of nitrogens with one attached hydrogen (secondary N) is 1. The van der Waals surface area contributed by atoms with E-state index in [-0.39, 0.29) is 22.4 Å². The second kappa shape index (κ2) is 8.16. The van der Waals surface area contributed by atoms with E-state index in [9.17, 15) is 18.0 Å². The summed E-state index contributed by atoms with van der Waals surface area (Å²) in [6, 6.07) is 4.11. The van der Waals surface area contributed by atoms with E-state index in [4.69, 9.17) is 11.6 Å². The van der Waals surface area contributed by atoms with Crippen LogP contribution in [0.15, 0.2) is 40.6 Å². The summed E-state index contributed by atoms with van der Waals surface area (Å²) in [7, 11) is 0. The molecule has 3 rings (SSSR count). The van der Waals surface area contributed by atoms with Crippen molar-refractivity contribution in [2.24, 2.45) is 0 Å². The van der Waals surface area contributed by atoms with E-state index in [1.165, 1.54) is 18.3 Å². The van der Waals surface area contributed by atoms with Gasteiger partial charge in [0.2, 0.25) is 0 Å². The van der Waals surface area contributed by atoms with Crippen LogP contribution < -0.4 is 10.9 Å². The number of thiazole rings is 1. The third kappa shape index (κ3) is 4.62. The highest BCUT2D eigenvalue weighted by Gasteiger charge is 2.30. The smallest absolute Gasteiger partial charge is 0.374 e. The fourth-order valence-electron chi connectivity index (χ4n) is 2.60. The average Bonchev–Trinajstić information content (AvgIpc) is 3.16. The van der Waals surface area contributed by atoms with Crippen molar-refractivity contribution in [2.75, 3.05) is 5.32 Å². The number of anilines is 1. The molecule has 3 aromatic rings. The van der Waals surface area contributed by atoms with Gasteiger partial charge in [0.1, 0.15) is 5.02 Å². The fraction of sp³-hybridized carbons (Fsp3) is 0.316. The molecule has 0 saturated carbocycles. The summed E-state index contributed by atoms with van der Waals surface area (Å²) in [6.45, 7) is 5.97. The van der Waals surface area contributed by atoms with Crippen LogP contribution in [-0.4, -0.2) is 14.8 Å². The Labute approximate surface area is 174 Å². The molecule has 0 bridgehead atoms. The Morgan fingerprint density at radius 3 is 2.59 bits per heavy atom. The maximum Gasteiger partial charge on any atom is 0.416 e. The summed E-state index contributed by atoms with van der Waals surface area (Å²) >= 11 is 7.74. The van der Waals surface area contributed by atoms with Gasteiger partial charge >= 0.3 is 6.18 Å². The summed E-state index contributed by atoms with van der Waals surface area (Å²) < 4.78 is 39.6. The van der Waals surface area contributed by atoms with Crippen molar-refractivity contribution in [2.45, 2.75) is 38.9 Å². The van der Waals surface area contributed by atoms with Gasteiger partial charge in [-0.2, -0.15) is 23.0 Å². The molecular formula is C19H18ClF3N4OS. The van der Waals surface area contributed by atoms with Crippen LogP contribution in [-0.2, 0) is 6.18 Å². The number of hydrogen-bond acceptors (Lipinski definition) is 5. The first-order valence-electron chi connectivity index (χ1n) is 8.75. The van der Waals surface area contributed by atoms with Gasteiger partial charge in [0.05, 0.1) is 39.9 Å². The molecule has 2 aromatic heterocycles. The standard InChI is InChI=1S/C19H18ClF3N4OS/c1-10(2)17-26-15(9-29-17)11(3)25-14-8-24-27(18(28)16(14)20)13-6-4-5-12(7-13)19(21,22)23/h4-11,25H,1-3H3. The Bertz CT molecular complexity index is 1080. The van der Waals surface area contributed by atoms with Crippen molar-refractivity contribution >= 4 is 28.6 Å². The lowest BCUT2D eigenvalue weighted by Crippen LogP contribution is -2.23. The van der Waals surface area contributed by atoms with E-state index in [1.807, 2.05) is 12.3 Å². The summed E-state index contributed by atoms with van der Waals surface area (Å²) in [5.41, 5.74) is -0.528. The monoisotopic (exact) mass is 442 g/mol. The molecule has 0 amide bonds. The van der Waals surface area contributed by atoms with Crippen molar-refractivity contribution in [1.29, 1.82) is 0 Å². The number of nitrogens with zero attached hydrogens (tertiary/aromatic N) is 3. The number of halogens is 4. The molecule has 1 aromatic carbocycles. The first kappa shape index (κ1) is 21.3. The van der Waals surface area contributed by atoms with E-state index in [1.54, 1.807) is 11.3 Å². The molecule has 0 saturated heterocycles. The molecule has 0 aliphatic carbocycles. The molecule has 29 heavy (non-hydrogen) atoms. The minimum atomic E-state index is -4.53. The lowest BCUT2D eigenvalue weighted by atomic mass is 10.2. The topological polar surface area (TPSA) is 59.8 Å². The maximum atomic E-state index is 12.9. The third-order valence-electron chi connectivity index (χ3n) is 4.19. The van der Waals surface area contributed by atoms with Gasteiger partial charge < -0.3 is 5.32 Å². The van der Waals surface area contributed by atoms with Crippen LogP contribution in [0.25, 0.3) is 5.69 Å². The summed E-state index contributed by atoms with van der Waals surface area (Å²) in [5, 5.41) is 9.84. The van der Waals surface area contributed by atoms with E-state index < -0.39 is 17.3 Å². The van der Waals surface area contributed by atoms with Crippen molar-refractivity contribution in [3.8, 4) is 5.69 Å². The van der Waals surface area contributed by atoms with Gasteiger partial charge in [0.15, 0.2) is 0 Å². The van der Waals surface area contributed by atoms with Gasteiger partial charge in [-0.1, -0.05) is 31.5 Å². The first-order chi connectivity index (χ1) is 13.6. The summed E-state index contributed by atoms with van der Waals surface area (Å²) in [5.74, 6) is 0.308. The predicted molar refractivity (Wildman–Crippen MR) is 108 cm³/mol. The summed E-state index contributed by atoms with van der Waals surface area (Å²) in [4.78, 5) is 17.2. The van der Waals surface area contributed by atoms with Gasteiger partial charge in [-0.05, 0) is 25.1 Å². The molecular weight excluding hydrogens is 425 g/mol. The minimum Gasteiger partial charge on any atom is -0.374 e. The Morgan fingerprint density at radius 2 is 1.97 bits per heavy atom. The highest BCUT2D eigenvalue weighted by molar-refractivity contribution is 7.09.